The van der Waals surface area contributed by atoms with Crippen molar-refractivity contribution in [1.82, 2.24) is 14.2 Å². The molecule has 2 aromatic carbocycles. The Hall–Kier alpha value is -2.75. The molecule has 1 aliphatic heterocycles. The number of hydrogen-bond acceptors (Lipinski definition) is 6. The quantitative estimate of drug-likeness (QED) is 0.533. The lowest BCUT2D eigenvalue weighted by molar-refractivity contribution is 0.0952. The summed E-state index contributed by atoms with van der Waals surface area (Å²) >= 11 is 0. The highest BCUT2D eigenvalue weighted by Gasteiger charge is 2.26. The summed E-state index contributed by atoms with van der Waals surface area (Å²) in [5, 5.41) is 0. The van der Waals surface area contributed by atoms with E-state index >= 15 is 0 Å². The highest BCUT2D eigenvalue weighted by molar-refractivity contribution is 7.89. The number of H-pyrrole nitrogens is 1. The Morgan fingerprint density at radius 1 is 1.03 bits per heavy atom. The summed E-state index contributed by atoms with van der Waals surface area (Å²) in [5.41, 5.74) is 2.44. The number of aromatic nitrogens is 1. The molecule has 31 heavy (non-hydrogen) atoms. The Bertz CT molecular complexity index is 1210. The van der Waals surface area contributed by atoms with Crippen LogP contribution in [0.25, 0.3) is 11.1 Å². The zero-order valence-electron chi connectivity index (χ0n) is 17.1. The average Bonchev–Trinajstić information content (AvgIpc) is 3.16. The van der Waals surface area contributed by atoms with Crippen LogP contribution in [0.15, 0.2) is 57.7 Å². The number of nitrogens with one attached hydrogen (secondary N) is 1. The van der Waals surface area contributed by atoms with Crippen LogP contribution in [0, 0.1) is 0 Å². The fourth-order valence-electron chi connectivity index (χ4n) is 3.77. The molecule has 0 spiro atoms. The Morgan fingerprint density at radius 2 is 1.77 bits per heavy atom. The van der Waals surface area contributed by atoms with Gasteiger partial charge in [0.15, 0.2) is 11.4 Å². The van der Waals surface area contributed by atoms with Crippen molar-refractivity contribution in [3.63, 3.8) is 0 Å². The lowest BCUT2D eigenvalue weighted by atomic mass is 10.1. The third-order valence-corrected chi connectivity index (χ3v) is 7.49. The van der Waals surface area contributed by atoms with E-state index in [0.717, 1.165) is 5.56 Å². The monoisotopic (exact) mass is 443 g/mol. The maximum Gasteiger partial charge on any atom is 0.417 e. The molecule has 2 heterocycles. The first-order chi connectivity index (χ1) is 14.9. The van der Waals surface area contributed by atoms with E-state index in [9.17, 15) is 18.0 Å². The van der Waals surface area contributed by atoms with Gasteiger partial charge in [-0.3, -0.25) is 9.78 Å². The van der Waals surface area contributed by atoms with Gasteiger partial charge < -0.3 is 9.32 Å². The van der Waals surface area contributed by atoms with Crippen molar-refractivity contribution in [3.8, 4) is 0 Å². The average molecular weight is 444 g/mol. The molecule has 1 N–H and O–H groups in total. The number of carbonyl (C=O) groups excluding carboxylic acids is 1. The summed E-state index contributed by atoms with van der Waals surface area (Å²) < 4.78 is 31.9. The standard InChI is InChI=1S/C22H25N3O5S/c26-20(18-6-7-19-21(16-18)30-22(27)23-19)8-10-24-11-13-25(14-12-24)31(28,29)15-9-17-4-2-1-3-5-17/h1-7,16H,8-15H2,(H,23,27). The van der Waals surface area contributed by atoms with Crippen LogP contribution in [0.1, 0.15) is 22.3 Å². The summed E-state index contributed by atoms with van der Waals surface area (Å²) in [6, 6.07) is 14.5. The number of piperazine rings is 1. The molecule has 9 heteroatoms. The topological polar surface area (TPSA) is 104 Å². The minimum atomic E-state index is -3.30. The molecule has 0 amide bonds. The molecule has 0 unspecified atom stereocenters. The van der Waals surface area contributed by atoms with Crippen molar-refractivity contribution in [3.05, 3.63) is 70.2 Å². The molecule has 0 saturated carbocycles. The minimum absolute atomic E-state index is 0.0383. The van der Waals surface area contributed by atoms with Gasteiger partial charge in [0.1, 0.15) is 0 Å². The van der Waals surface area contributed by atoms with Gasteiger partial charge in [-0.15, -0.1) is 0 Å². The van der Waals surface area contributed by atoms with E-state index in [4.69, 9.17) is 4.42 Å². The third-order valence-electron chi connectivity index (χ3n) is 5.61. The molecule has 1 saturated heterocycles. The van der Waals surface area contributed by atoms with Crippen LogP contribution in [0.4, 0.5) is 0 Å². The number of aromatic amines is 1. The normalized spacial score (nSPS) is 16.0. The van der Waals surface area contributed by atoms with Crippen molar-refractivity contribution in [2.75, 3.05) is 38.5 Å². The zero-order chi connectivity index (χ0) is 21.8. The molecule has 0 bridgehead atoms. The van der Waals surface area contributed by atoms with Crippen LogP contribution in [0.2, 0.25) is 0 Å². The van der Waals surface area contributed by atoms with Gasteiger partial charge >= 0.3 is 5.76 Å². The number of fused-ring (bicyclic) bond motifs is 1. The summed E-state index contributed by atoms with van der Waals surface area (Å²) in [4.78, 5) is 28.4. The van der Waals surface area contributed by atoms with Gasteiger partial charge in [0.2, 0.25) is 10.0 Å². The molecule has 1 fully saturated rings. The molecule has 4 rings (SSSR count). The molecular weight excluding hydrogens is 418 g/mol. The smallest absolute Gasteiger partial charge is 0.408 e. The van der Waals surface area contributed by atoms with Crippen LogP contribution in [0.3, 0.4) is 0 Å². The molecule has 1 aromatic heterocycles. The van der Waals surface area contributed by atoms with E-state index in [-0.39, 0.29) is 11.5 Å². The van der Waals surface area contributed by atoms with Crippen molar-refractivity contribution in [2.24, 2.45) is 0 Å². The van der Waals surface area contributed by atoms with E-state index in [2.05, 4.69) is 9.88 Å². The predicted octanol–water partition coefficient (Wildman–Crippen LogP) is 1.88. The van der Waals surface area contributed by atoms with E-state index in [0.29, 0.717) is 62.2 Å². The first-order valence-electron chi connectivity index (χ1n) is 10.3. The summed E-state index contributed by atoms with van der Waals surface area (Å²) in [6.07, 6.45) is 0.824. The summed E-state index contributed by atoms with van der Waals surface area (Å²) in [7, 11) is -3.30. The number of carbonyl (C=O) groups is 1. The van der Waals surface area contributed by atoms with Crippen LogP contribution in [0.5, 0.6) is 0 Å². The maximum atomic E-state index is 12.6. The molecular formula is C22H25N3O5S. The Morgan fingerprint density at radius 3 is 2.52 bits per heavy atom. The van der Waals surface area contributed by atoms with Crippen molar-refractivity contribution >= 4 is 26.9 Å². The fraction of sp³-hybridized carbons (Fsp3) is 0.364. The lowest BCUT2D eigenvalue weighted by Gasteiger charge is -2.33. The largest absolute Gasteiger partial charge is 0.417 e. The molecule has 0 radical (unpaired) electrons. The second-order valence-corrected chi connectivity index (χ2v) is 9.78. The van der Waals surface area contributed by atoms with Crippen molar-refractivity contribution in [2.45, 2.75) is 12.8 Å². The van der Waals surface area contributed by atoms with Gasteiger partial charge in [0.05, 0.1) is 11.3 Å². The molecule has 1 aliphatic rings. The molecule has 3 aromatic rings. The van der Waals surface area contributed by atoms with Crippen LogP contribution >= 0.6 is 0 Å². The van der Waals surface area contributed by atoms with Gasteiger partial charge in [0.25, 0.3) is 0 Å². The van der Waals surface area contributed by atoms with Gasteiger partial charge in [-0.2, -0.15) is 4.31 Å². The van der Waals surface area contributed by atoms with Crippen LogP contribution in [-0.4, -0.2) is 66.9 Å². The van der Waals surface area contributed by atoms with E-state index in [1.54, 1.807) is 22.5 Å². The predicted molar refractivity (Wildman–Crippen MR) is 118 cm³/mol. The Balaban J connectivity index is 1.25. The minimum Gasteiger partial charge on any atom is -0.408 e. The van der Waals surface area contributed by atoms with Crippen LogP contribution in [-0.2, 0) is 16.4 Å². The Kier molecular flexibility index (Phi) is 6.35. The number of aryl methyl sites for hydroxylation is 1. The number of sulfonamides is 1. The van der Waals surface area contributed by atoms with Crippen LogP contribution < -0.4 is 5.76 Å². The SMILES string of the molecule is O=C(CCN1CCN(S(=O)(=O)CCc2ccccc2)CC1)c1ccc2[nH]c(=O)oc2c1. The maximum absolute atomic E-state index is 12.6. The van der Waals surface area contributed by atoms with Crippen molar-refractivity contribution < 1.29 is 17.6 Å². The number of hydrogen-bond donors (Lipinski definition) is 1. The number of Topliss-reactive ketones (excluding diaryl/α,β-unsaturated/α-hetero) is 1. The molecule has 164 valence electrons. The third kappa shape index (κ3) is 5.30. The van der Waals surface area contributed by atoms with Gasteiger partial charge in [-0.1, -0.05) is 30.3 Å². The molecule has 0 aliphatic carbocycles. The highest BCUT2D eigenvalue weighted by Crippen LogP contribution is 2.15. The number of ketones is 1. The summed E-state index contributed by atoms with van der Waals surface area (Å²) in [5.74, 6) is -0.479. The second kappa shape index (κ2) is 9.17. The highest BCUT2D eigenvalue weighted by atomic mass is 32.2. The van der Waals surface area contributed by atoms with Gasteiger partial charge in [-0.25, -0.2) is 13.2 Å². The number of nitrogens with zero attached hydrogens (tertiary/aromatic N) is 2. The first kappa shape index (κ1) is 21.5. The Labute approximate surface area is 180 Å². The fourth-order valence-corrected chi connectivity index (χ4v) is 5.25. The number of rotatable bonds is 8. The summed E-state index contributed by atoms with van der Waals surface area (Å²) in [6.45, 7) is 2.64. The first-order valence-corrected chi connectivity index (χ1v) is 11.9. The van der Waals surface area contributed by atoms with Gasteiger partial charge in [0, 0.05) is 44.7 Å². The number of oxazole rings is 1. The van der Waals surface area contributed by atoms with E-state index in [1.807, 2.05) is 30.3 Å². The van der Waals surface area contributed by atoms with Gasteiger partial charge in [-0.05, 0) is 30.2 Å². The van der Waals surface area contributed by atoms with Crippen molar-refractivity contribution in [1.29, 1.82) is 0 Å². The second-order valence-electron chi connectivity index (χ2n) is 7.69. The lowest BCUT2D eigenvalue weighted by Crippen LogP contribution is -2.49. The molecule has 0 atom stereocenters. The van der Waals surface area contributed by atoms with E-state index in [1.165, 1.54) is 0 Å². The zero-order valence-corrected chi connectivity index (χ0v) is 17.9. The van der Waals surface area contributed by atoms with E-state index < -0.39 is 15.8 Å². The number of benzene rings is 2. The molecule has 8 nitrogen and oxygen atoms in total.